The van der Waals surface area contributed by atoms with Gasteiger partial charge in [0.05, 0.1) is 17.8 Å². The molecule has 0 saturated carbocycles. The number of piperazine rings is 1. The summed E-state index contributed by atoms with van der Waals surface area (Å²) in [6.45, 7) is 7.61. The third kappa shape index (κ3) is 3.91. The molecule has 2 fully saturated rings. The van der Waals surface area contributed by atoms with E-state index in [0.717, 1.165) is 31.9 Å². The Kier molecular flexibility index (Phi) is 4.99. The van der Waals surface area contributed by atoms with Crippen LogP contribution in [-0.4, -0.2) is 94.0 Å². The summed E-state index contributed by atoms with van der Waals surface area (Å²) in [6.07, 6.45) is 1.90. The van der Waals surface area contributed by atoms with Crippen molar-refractivity contribution in [3.63, 3.8) is 0 Å². The summed E-state index contributed by atoms with van der Waals surface area (Å²) in [7, 11) is 2.12. The fourth-order valence-corrected chi connectivity index (χ4v) is 3.44. The van der Waals surface area contributed by atoms with Crippen molar-refractivity contribution in [2.75, 3.05) is 46.3 Å². The number of hydrogen-bond donors (Lipinski definition) is 1. The highest BCUT2D eigenvalue weighted by molar-refractivity contribution is 5.76. The van der Waals surface area contributed by atoms with E-state index in [1.807, 2.05) is 24.1 Å². The smallest absolute Gasteiger partial charge is 0.224 e. The number of aliphatic hydroxyl groups excluding tert-OH is 1. The second-order valence-corrected chi connectivity index (χ2v) is 6.74. The van der Waals surface area contributed by atoms with Crippen LogP contribution >= 0.6 is 0 Å². The number of aromatic nitrogens is 2. The predicted molar refractivity (Wildman–Crippen MR) is 87.0 cm³/mol. The predicted octanol–water partition coefficient (Wildman–Crippen LogP) is -0.599. The molecule has 2 aliphatic heterocycles. The molecule has 2 aliphatic rings. The van der Waals surface area contributed by atoms with E-state index in [9.17, 15) is 9.90 Å². The fourth-order valence-electron chi connectivity index (χ4n) is 3.44. The quantitative estimate of drug-likeness (QED) is 0.802. The van der Waals surface area contributed by atoms with Crippen molar-refractivity contribution >= 4 is 5.91 Å². The van der Waals surface area contributed by atoms with Crippen molar-refractivity contribution in [1.29, 1.82) is 0 Å². The van der Waals surface area contributed by atoms with Gasteiger partial charge in [0.15, 0.2) is 0 Å². The molecule has 0 bridgehead atoms. The fraction of sp³-hybridized carbons (Fsp3) is 0.750. The van der Waals surface area contributed by atoms with E-state index in [0.29, 0.717) is 26.1 Å². The highest BCUT2D eigenvalue weighted by Gasteiger charge is 2.38. The molecular weight excluding hydrogens is 294 g/mol. The molecule has 3 heterocycles. The van der Waals surface area contributed by atoms with Gasteiger partial charge in [0, 0.05) is 58.4 Å². The minimum atomic E-state index is -0.436. The lowest BCUT2D eigenvalue weighted by atomic mass is 10.1. The zero-order valence-electron chi connectivity index (χ0n) is 14.1. The number of rotatable bonds is 4. The number of nitrogens with zero attached hydrogens (tertiary/aromatic N) is 5. The lowest BCUT2D eigenvalue weighted by molar-refractivity contribution is -0.130. The largest absolute Gasteiger partial charge is 0.390 e. The van der Waals surface area contributed by atoms with Gasteiger partial charge >= 0.3 is 0 Å². The van der Waals surface area contributed by atoms with Gasteiger partial charge in [-0.25, -0.2) is 0 Å². The maximum absolute atomic E-state index is 12.4. The summed E-state index contributed by atoms with van der Waals surface area (Å²) in [4.78, 5) is 18.8. The number of carbonyl (C=O) groups is 1. The Morgan fingerprint density at radius 1 is 1.30 bits per heavy atom. The average molecular weight is 321 g/mol. The first-order valence-corrected chi connectivity index (χ1v) is 8.41. The van der Waals surface area contributed by atoms with E-state index < -0.39 is 6.10 Å². The molecule has 0 unspecified atom stereocenters. The molecule has 3 rings (SSSR count). The Bertz CT molecular complexity index is 538. The summed E-state index contributed by atoms with van der Waals surface area (Å²) in [5.41, 5.74) is 0.962. The van der Waals surface area contributed by atoms with E-state index in [1.165, 1.54) is 0 Å². The van der Waals surface area contributed by atoms with Crippen LogP contribution in [0.5, 0.6) is 0 Å². The molecule has 7 heteroatoms. The third-order valence-electron chi connectivity index (χ3n) is 4.95. The van der Waals surface area contributed by atoms with Crippen LogP contribution in [0.25, 0.3) is 0 Å². The molecule has 1 aromatic rings. The number of aliphatic hydroxyl groups is 1. The molecule has 23 heavy (non-hydrogen) atoms. The van der Waals surface area contributed by atoms with Crippen molar-refractivity contribution in [2.24, 2.45) is 0 Å². The number of hydrogen-bond acceptors (Lipinski definition) is 5. The minimum Gasteiger partial charge on any atom is -0.390 e. The van der Waals surface area contributed by atoms with Gasteiger partial charge in [-0.05, 0) is 20.0 Å². The SMILES string of the molecule is Cc1ccn(CCC(=O)N2C[C@@H](O)[C@H](N3CCN(C)CC3)C2)n1. The number of carbonyl (C=O) groups excluding carboxylic acids is 1. The van der Waals surface area contributed by atoms with Crippen molar-refractivity contribution in [1.82, 2.24) is 24.5 Å². The van der Waals surface area contributed by atoms with Crippen molar-refractivity contribution in [3.8, 4) is 0 Å². The molecule has 1 N–H and O–H groups in total. The third-order valence-corrected chi connectivity index (χ3v) is 4.95. The van der Waals surface area contributed by atoms with E-state index in [1.54, 1.807) is 4.68 Å². The van der Waals surface area contributed by atoms with Gasteiger partial charge in [-0.2, -0.15) is 5.10 Å². The van der Waals surface area contributed by atoms with Crippen LogP contribution < -0.4 is 0 Å². The van der Waals surface area contributed by atoms with Crippen LogP contribution in [-0.2, 0) is 11.3 Å². The van der Waals surface area contributed by atoms with Gasteiger partial charge in [-0.15, -0.1) is 0 Å². The molecule has 7 nitrogen and oxygen atoms in total. The van der Waals surface area contributed by atoms with Crippen molar-refractivity contribution in [2.45, 2.75) is 32.0 Å². The maximum atomic E-state index is 12.4. The number of likely N-dealkylation sites (tertiary alicyclic amines) is 1. The molecule has 128 valence electrons. The highest BCUT2D eigenvalue weighted by Crippen LogP contribution is 2.19. The van der Waals surface area contributed by atoms with Crippen LogP contribution in [0.2, 0.25) is 0 Å². The second kappa shape index (κ2) is 6.98. The maximum Gasteiger partial charge on any atom is 0.224 e. The van der Waals surface area contributed by atoms with Crippen molar-refractivity contribution in [3.05, 3.63) is 18.0 Å². The number of β-amino-alcohol motifs (C(OH)–C–C–N with tert-alkyl or cyclic N) is 1. The van der Waals surface area contributed by atoms with Gasteiger partial charge in [-0.3, -0.25) is 14.4 Å². The Morgan fingerprint density at radius 3 is 2.70 bits per heavy atom. The van der Waals surface area contributed by atoms with Crippen LogP contribution in [0.3, 0.4) is 0 Å². The summed E-state index contributed by atoms with van der Waals surface area (Å²) < 4.78 is 1.80. The first-order chi connectivity index (χ1) is 11.0. The van der Waals surface area contributed by atoms with Crippen LogP contribution in [0.15, 0.2) is 12.3 Å². The Hall–Kier alpha value is -1.44. The molecule has 1 amide bonds. The van der Waals surface area contributed by atoms with Gasteiger partial charge < -0.3 is 14.9 Å². The molecular formula is C16H27N5O2. The lowest BCUT2D eigenvalue weighted by Crippen LogP contribution is -2.52. The van der Waals surface area contributed by atoms with Crippen LogP contribution in [0.4, 0.5) is 0 Å². The molecule has 0 radical (unpaired) electrons. The molecule has 0 aliphatic carbocycles. The highest BCUT2D eigenvalue weighted by atomic mass is 16.3. The summed E-state index contributed by atoms with van der Waals surface area (Å²) in [6, 6.07) is 2.02. The Balaban J connectivity index is 1.50. The normalized spacial score (nSPS) is 26.8. The number of aryl methyl sites for hydroxylation is 2. The second-order valence-electron chi connectivity index (χ2n) is 6.74. The molecule has 1 aromatic heterocycles. The first-order valence-electron chi connectivity index (χ1n) is 8.41. The Morgan fingerprint density at radius 2 is 2.04 bits per heavy atom. The molecule has 0 spiro atoms. The summed E-state index contributed by atoms with van der Waals surface area (Å²) in [5, 5.41) is 14.7. The molecule has 2 saturated heterocycles. The van der Waals surface area contributed by atoms with Crippen LogP contribution in [0, 0.1) is 6.92 Å². The zero-order chi connectivity index (χ0) is 16.4. The molecule has 0 aromatic carbocycles. The van der Waals surface area contributed by atoms with E-state index >= 15 is 0 Å². The zero-order valence-corrected chi connectivity index (χ0v) is 14.1. The topological polar surface area (TPSA) is 64.8 Å². The summed E-state index contributed by atoms with van der Waals surface area (Å²) >= 11 is 0. The van der Waals surface area contributed by atoms with Gasteiger partial charge in [0.1, 0.15) is 0 Å². The Labute approximate surface area is 137 Å². The summed E-state index contributed by atoms with van der Waals surface area (Å²) in [5.74, 6) is 0.105. The monoisotopic (exact) mass is 321 g/mol. The van der Waals surface area contributed by atoms with E-state index in [4.69, 9.17) is 0 Å². The van der Waals surface area contributed by atoms with Crippen LogP contribution in [0.1, 0.15) is 12.1 Å². The minimum absolute atomic E-state index is 0.0830. The van der Waals surface area contributed by atoms with Gasteiger partial charge in [0.25, 0.3) is 0 Å². The number of amides is 1. The first kappa shape index (κ1) is 16.4. The van der Waals surface area contributed by atoms with E-state index in [-0.39, 0.29) is 11.9 Å². The van der Waals surface area contributed by atoms with Gasteiger partial charge in [-0.1, -0.05) is 0 Å². The standard InChI is InChI=1S/C16H27N5O2/c1-13-3-5-21(17-13)6-4-16(23)20-11-14(15(22)12-20)19-9-7-18(2)8-10-19/h3,5,14-15,22H,4,6-12H2,1-2H3/t14-,15-/m1/s1. The number of likely N-dealkylation sites (N-methyl/N-ethyl adjacent to an activating group) is 1. The van der Waals surface area contributed by atoms with Crippen molar-refractivity contribution < 1.29 is 9.90 Å². The average Bonchev–Trinajstić information content (AvgIpc) is 3.12. The van der Waals surface area contributed by atoms with E-state index in [2.05, 4.69) is 21.9 Å². The molecule has 2 atom stereocenters. The lowest BCUT2D eigenvalue weighted by Gasteiger charge is -2.37. The van der Waals surface area contributed by atoms with Gasteiger partial charge in [0.2, 0.25) is 5.91 Å².